The van der Waals surface area contributed by atoms with E-state index < -0.39 is 0 Å². The monoisotopic (exact) mass is 327 g/mol. The SMILES string of the molecule is CCc1cccc2c1[nH]c1cc(NC(=O)CSCCN)ccc12. The number of thioether (sulfide) groups is 1. The van der Waals surface area contributed by atoms with Crippen molar-refractivity contribution in [3.05, 3.63) is 42.0 Å². The number of carbonyl (C=O) groups excluding carboxylic acids is 1. The molecule has 120 valence electrons. The lowest BCUT2D eigenvalue weighted by Crippen LogP contribution is -2.15. The van der Waals surface area contributed by atoms with Gasteiger partial charge in [0.1, 0.15) is 0 Å². The number of fused-ring (bicyclic) bond motifs is 3. The topological polar surface area (TPSA) is 70.9 Å². The van der Waals surface area contributed by atoms with Gasteiger partial charge >= 0.3 is 0 Å². The number of H-pyrrole nitrogens is 1. The number of aromatic nitrogens is 1. The standard InChI is InChI=1S/C18H21N3OS/c1-2-12-4-3-5-15-14-7-6-13(10-16(14)21-18(12)15)20-17(22)11-23-9-8-19/h3-7,10,21H,2,8-9,11,19H2,1H3,(H,20,22). The van der Waals surface area contributed by atoms with E-state index in [1.807, 2.05) is 12.1 Å². The second-order valence-electron chi connectivity index (χ2n) is 5.47. The number of nitrogens with two attached hydrogens (primary N) is 1. The molecular weight excluding hydrogens is 306 g/mol. The van der Waals surface area contributed by atoms with Crippen molar-refractivity contribution < 1.29 is 4.79 Å². The van der Waals surface area contributed by atoms with Gasteiger partial charge in [-0.2, -0.15) is 11.8 Å². The summed E-state index contributed by atoms with van der Waals surface area (Å²) in [6.07, 6.45) is 0.992. The molecule has 0 aliphatic heterocycles. The summed E-state index contributed by atoms with van der Waals surface area (Å²) in [5, 5.41) is 5.36. The Labute approximate surface area is 139 Å². The van der Waals surface area contributed by atoms with E-state index in [1.54, 1.807) is 11.8 Å². The summed E-state index contributed by atoms with van der Waals surface area (Å²) in [5.41, 5.74) is 9.80. The summed E-state index contributed by atoms with van der Waals surface area (Å²) in [4.78, 5) is 15.4. The van der Waals surface area contributed by atoms with Crippen LogP contribution < -0.4 is 11.1 Å². The summed E-state index contributed by atoms with van der Waals surface area (Å²) in [6.45, 7) is 2.75. The minimum Gasteiger partial charge on any atom is -0.354 e. The van der Waals surface area contributed by atoms with E-state index in [-0.39, 0.29) is 5.91 Å². The van der Waals surface area contributed by atoms with Gasteiger partial charge in [-0.3, -0.25) is 4.79 Å². The van der Waals surface area contributed by atoms with E-state index in [0.29, 0.717) is 12.3 Å². The van der Waals surface area contributed by atoms with Crippen molar-refractivity contribution in [2.45, 2.75) is 13.3 Å². The van der Waals surface area contributed by atoms with Gasteiger partial charge in [-0.25, -0.2) is 0 Å². The first-order chi connectivity index (χ1) is 11.2. The fraction of sp³-hybridized carbons (Fsp3) is 0.278. The fourth-order valence-corrected chi connectivity index (χ4v) is 3.38. The maximum atomic E-state index is 11.9. The van der Waals surface area contributed by atoms with Crippen LogP contribution in [0, 0.1) is 0 Å². The van der Waals surface area contributed by atoms with Crippen LogP contribution in [-0.4, -0.2) is 28.9 Å². The van der Waals surface area contributed by atoms with Gasteiger partial charge in [0.05, 0.1) is 5.75 Å². The van der Waals surface area contributed by atoms with Crippen LogP contribution in [0.3, 0.4) is 0 Å². The van der Waals surface area contributed by atoms with E-state index in [2.05, 4.69) is 41.5 Å². The number of nitrogens with one attached hydrogen (secondary N) is 2. The molecule has 0 unspecified atom stereocenters. The van der Waals surface area contributed by atoms with Crippen molar-refractivity contribution in [2.24, 2.45) is 5.73 Å². The lowest BCUT2D eigenvalue weighted by Gasteiger charge is -2.05. The van der Waals surface area contributed by atoms with Gasteiger partial charge in [-0.15, -0.1) is 0 Å². The molecule has 0 bridgehead atoms. The number of hydrogen-bond acceptors (Lipinski definition) is 3. The highest BCUT2D eigenvalue weighted by atomic mass is 32.2. The number of para-hydroxylation sites is 1. The number of aryl methyl sites for hydroxylation is 1. The van der Waals surface area contributed by atoms with Crippen LogP contribution in [0.15, 0.2) is 36.4 Å². The highest BCUT2D eigenvalue weighted by Gasteiger charge is 2.09. The number of benzene rings is 2. The molecule has 2 aromatic carbocycles. The van der Waals surface area contributed by atoms with E-state index in [4.69, 9.17) is 5.73 Å². The molecule has 0 aliphatic carbocycles. The first-order valence-electron chi connectivity index (χ1n) is 7.84. The zero-order valence-electron chi connectivity index (χ0n) is 13.2. The van der Waals surface area contributed by atoms with E-state index >= 15 is 0 Å². The van der Waals surface area contributed by atoms with E-state index in [9.17, 15) is 4.79 Å². The van der Waals surface area contributed by atoms with Gasteiger partial charge in [-0.05, 0) is 24.1 Å². The van der Waals surface area contributed by atoms with Crippen molar-refractivity contribution in [1.82, 2.24) is 4.98 Å². The minimum atomic E-state index is 0.00755. The Morgan fingerprint density at radius 1 is 1.26 bits per heavy atom. The maximum Gasteiger partial charge on any atom is 0.234 e. The summed E-state index contributed by atoms with van der Waals surface area (Å²) in [5.74, 6) is 1.24. The van der Waals surface area contributed by atoms with Gasteiger partial charge in [0.2, 0.25) is 5.91 Å². The van der Waals surface area contributed by atoms with Gasteiger partial charge in [-0.1, -0.05) is 31.2 Å². The minimum absolute atomic E-state index is 0.00755. The average molecular weight is 327 g/mol. The van der Waals surface area contributed by atoms with Crippen LogP contribution >= 0.6 is 11.8 Å². The molecule has 1 amide bonds. The van der Waals surface area contributed by atoms with Crippen LogP contribution in [0.1, 0.15) is 12.5 Å². The Bertz CT molecular complexity index is 841. The zero-order valence-corrected chi connectivity index (χ0v) is 14.0. The highest BCUT2D eigenvalue weighted by Crippen LogP contribution is 2.29. The van der Waals surface area contributed by atoms with Crippen molar-refractivity contribution in [1.29, 1.82) is 0 Å². The molecule has 0 spiro atoms. The largest absolute Gasteiger partial charge is 0.354 e. The molecular formula is C18H21N3OS. The third kappa shape index (κ3) is 3.35. The van der Waals surface area contributed by atoms with Crippen LogP contribution in [0.4, 0.5) is 5.69 Å². The van der Waals surface area contributed by atoms with E-state index in [1.165, 1.54) is 21.9 Å². The summed E-state index contributed by atoms with van der Waals surface area (Å²) < 4.78 is 0. The zero-order chi connectivity index (χ0) is 16.2. The normalized spacial score (nSPS) is 11.2. The molecule has 5 heteroatoms. The predicted octanol–water partition coefficient (Wildman–Crippen LogP) is 3.51. The molecule has 4 N–H and O–H groups in total. The second kappa shape index (κ2) is 7.06. The molecule has 0 aliphatic rings. The van der Waals surface area contributed by atoms with Crippen molar-refractivity contribution in [3.63, 3.8) is 0 Å². The summed E-state index contributed by atoms with van der Waals surface area (Å²) in [7, 11) is 0. The number of aromatic amines is 1. The van der Waals surface area contributed by atoms with Crippen LogP contribution in [0.5, 0.6) is 0 Å². The number of amides is 1. The molecule has 0 atom stereocenters. The maximum absolute atomic E-state index is 11.9. The van der Waals surface area contributed by atoms with Gasteiger partial charge in [0.15, 0.2) is 0 Å². The van der Waals surface area contributed by atoms with Crippen LogP contribution in [0.2, 0.25) is 0 Å². The predicted molar refractivity (Wildman–Crippen MR) is 100 cm³/mol. The molecule has 3 aromatic rings. The highest BCUT2D eigenvalue weighted by molar-refractivity contribution is 7.99. The molecule has 0 fully saturated rings. The molecule has 3 rings (SSSR count). The van der Waals surface area contributed by atoms with Gasteiger partial charge in [0, 0.05) is 39.8 Å². The Balaban J connectivity index is 1.87. The first-order valence-corrected chi connectivity index (χ1v) is 8.99. The number of anilines is 1. The van der Waals surface area contributed by atoms with Crippen molar-refractivity contribution >= 4 is 45.2 Å². The van der Waals surface area contributed by atoms with E-state index in [0.717, 1.165) is 23.4 Å². The van der Waals surface area contributed by atoms with Crippen LogP contribution in [0.25, 0.3) is 21.8 Å². The summed E-state index contributed by atoms with van der Waals surface area (Å²) >= 11 is 1.55. The fourth-order valence-electron chi connectivity index (χ4n) is 2.81. The molecule has 1 heterocycles. The number of carbonyl (C=O) groups is 1. The third-order valence-electron chi connectivity index (χ3n) is 3.88. The Morgan fingerprint density at radius 2 is 2.13 bits per heavy atom. The lowest BCUT2D eigenvalue weighted by molar-refractivity contribution is -0.113. The first kappa shape index (κ1) is 15.9. The smallest absolute Gasteiger partial charge is 0.234 e. The third-order valence-corrected chi connectivity index (χ3v) is 4.87. The molecule has 0 saturated heterocycles. The van der Waals surface area contributed by atoms with Gasteiger partial charge in [0.25, 0.3) is 0 Å². The molecule has 4 nitrogen and oxygen atoms in total. The second-order valence-corrected chi connectivity index (χ2v) is 6.57. The number of rotatable bonds is 6. The Hall–Kier alpha value is -1.98. The summed E-state index contributed by atoms with van der Waals surface area (Å²) in [6, 6.07) is 12.4. The average Bonchev–Trinajstić information content (AvgIpc) is 2.92. The quantitative estimate of drug-likeness (QED) is 0.607. The molecule has 0 radical (unpaired) electrons. The Kier molecular flexibility index (Phi) is 4.88. The van der Waals surface area contributed by atoms with Crippen molar-refractivity contribution in [3.8, 4) is 0 Å². The molecule has 0 saturated carbocycles. The van der Waals surface area contributed by atoms with Crippen LogP contribution in [-0.2, 0) is 11.2 Å². The lowest BCUT2D eigenvalue weighted by atomic mass is 10.1. The molecule has 23 heavy (non-hydrogen) atoms. The van der Waals surface area contributed by atoms with Gasteiger partial charge < -0.3 is 16.0 Å². The van der Waals surface area contributed by atoms with Crippen molar-refractivity contribution in [2.75, 3.05) is 23.4 Å². The Morgan fingerprint density at radius 3 is 2.91 bits per heavy atom. The number of hydrogen-bond donors (Lipinski definition) is 3. The molecule has 1 aromatic heterocycles.